The summed E-state index contributed by atoms with van der Waals surface area (Å²) in [6, 6.07) is -0.847. The Balaban J connectivity index is 2.50. The Morgan fingerprint density at radius 1 is 1.37 bits per heavy atom. The summed E-state index contributed by atoms with van der Waals surface area (Å²) in [5, 5.41) is 11.9. The first-order chi connectivity index (χ1) is 12.8. The Morgan fingerprint density at radius 2 is 2.07 bits per heavy atom. The molecular weight excluding hydrogens is 348 g/mol. The zero-order chi connectivity index (χ0) is 20.4. The molecule has 0 aliphatic carbocycles. The van der Waals surface area contributed by atoms with Crippen LogP contribution in [0.4, 0.5) is 0 Å². The maximum atomic E-state index is 12.4. The lowest BCUT2D eigenvalue weighted by molar-refractivity contribution is -0.148. The molecule has 1 rings (SSSR count). The Bertz CT molecular complexity index is 611. The summed E-state index contributed by atoms with van der Waals surface area (Å²) in [6.45, 7) is 11.7. The van der Waals surface area contributed by atoms with Crippen LogP contribution < -0.4 is 5.32 Å². The van der Waals surface area contributed by atoms with E-state index in [2.05, 4.69) is 18.5 Å². The third-order valence-electron chi connectivity index (χ3n) is 4.60. The van der Waals surface area contributed by atoms with E-state index in [0.717, 1.165) is 18.6 Å². The van der Waals surface area contributed by atoms with Gasteiger partial charge in [-0.15, -0.1) is 0 Å². The summed E-state index contributed by atoms with van der Waals surface area (Å²) in [5.41, 5.74) is 0.556. The van der Waals surface area contributed by atoms with Crippen LogP contribution in [0.5, 0.6) is 0 Å². The molecule has 2 atom stereocenters. The highest BCUT2D eigenvalue weighted by molar-refractivity contribution is 5.89. The van der Waals surface area contributed by atoms with Crippen molar-refractivity contribution in [2.45, 2.75) is 45.6 Å². The molecule has 1 fully saturated rings. The first-order valence-electron chi connectivity index (χ1n) is 9.13. The number of carbonyl (C=O) groups excluding carboxylic acids is 2. The highest BCUT2D eigenvalue weighted by Crippen LogP contribution is 2.27. The minimum absolute atomic E-state index is 0.0629. The third-order valence-corrected chi connectivity index (χ3v) is 4.60. The molecule has 0 saturated carbocycles. The number of amides is 2. The minimum atomic E-state index is -1.02. The molecule has 0 radical (unpaired) electrons. The molecule has 27 heavy (non-hydrogen) atoms. The van der Waals surface area contributed by atoms with Crippen molar-refractivity contribution in [1.29, 1.82) is 0 Å². The van der Waals surface area contributed by atoms with Crippen molar-refractivity contribution in [1.82, 2.24) is 10.2 Å². The zero-order valence-electron chi connectivity index (χ0n) is 16.2. The van der Waals surface area contributed by atoms with Crippen LogP contribution in [0.25, 0.3) is 0 Å². The molecule has 0 aromatic rings. The van der Waals surface area contributed by atoms with Crippen molar-refractivity contribution in [3.05, 3.63) is 36.6 Å². The minimum Gasteiger partial charge on any atom is -0.499 e. The van der Waals surface area contributed by atoms with Crippen molar-refractivity contribution < 1.29 is 24.2 Å². The maximum absolute atomic E-state index is 12.4. The fourth-order valence-electron chi connectivity index (χ4n) is 2.95. The molecule has 1 aliphatic heterocycles. The van der Waals surface area contributed by atoms with Gasteiger partial charge in [0.15, 0.2) is 0 Å². The number of aliphatic carboxylic acids is 1. The lowest BCUT2D eigenvalue weighted by Crippen LogP contribution is -2.45. The van der Waals surface area contributed by atoms with Gasteiger partial charge in [0.25, 0.3) is 0 Å². The second-order valence-corrected chi connectivity index (χ2v) is 6.71. The summed E-state index contributed by atoms with van der Waals surface area (Å²) in [4.78, 5) is 37.0. The van der Waals surface area contributed by atoms with Gasteiger partial charge in [-0.3, -0.25) is 9.59 Å². The standard InChI is InChI=1S/C20H30N2O5/c1-5-14(3)10-18(23)21-12-19(24)22-13-16(11-17(22)20(25)26)8-7-9-27-15(4)6-2/h5-6,16-17H,1,3,7-13H2,2,4H3,(H,21,23)(H,25,26)/b15-6+. The summed E-state index contributed by atoms with van der Waals surface area (Å²) < 4.78 is 5.51. The number of ether oxygens (including phenoxy) is 1. The van der Waals surface area contributed by atoms with Gasteiger partial charge in [0, 0.05) is 6.54 Å². The molecular formula is C20H30N2O5. The zero-order valence-corrected chi connectivity index (χ0v) is 16.2. The number of nitrogens with zero attached hydrogens (tertiary/aromatic N) is 1. The summed E-state index contributed by atoms with van der Waals surface area (Å²) in [5.74, 6) is -0.772. The molecule has 7 nitrogen and oxygen atoms in total. The molecule has 2 unspecified atom stereocenters. The smallest absolute Gasteiger partial charge is 0.326 e. The number of hydrogen-bond acceptors (Lipinski definition) is 4. The number of hydrogen-bond donors (Lipinski definition) is 2. The first-order valence-corrected chi connectivity index (χ1v) is 9.13. The van der Waals surface area contributed by atoms with Crippen molar-refractivity contribution in [3.8, 4) is 0 Å². The van der Waals surface area contributed by atoms with E-state index in [1.807, 2.05) is 19.9 Å². The molecule has 150 valence electrons. The second-order valence-electron chi connectivity index (χ2n) is 6.71. The fourth-order valence-corrected chi connectivity index (χ4v) is 2.95. The number of allylic oxidation sites excluding steroid dienone is 3. The molecule has 1 saturated heterocycles. The van der Waals surface area contributed by atoms with Crippen molar-refractivity contribution in [2.75, 3.05) is 19.7 Å². The number of carboxylic acid groups (broad SMARTS) is 1. The van der Waals surface area contributed by atoms with Gasteiger partial charge in [-0.25, -0.2) is 4.79 Å². The topological polar surface area (TPSA) is 95.9 Å². The second kappa shape index (κ2) is 11.2. The molecule has 0 bridgehead atoms. The molecule has 0 spiro atoms. The van der Waals surface area contributed by atoms with E-state index < -0.39 is 12.0 Å². The largest absolute Gasteiger partial charge is 0.499 e. The Labute approximate surface area is 160 Å². The highest BCUT2D eigenvalue weighted by atomic mass is 16.5. The number of carbonyl (C=O) groups is 3. The Kier molecular flexibility index (Phi) is 9.33. The van der Waals surface area contributed by atoms with Crippen molar-refractivity contribution in [3.63, 3.8) is 0 Å². The molecule has 0 aromatic heterocycles. The summed E-state index contributed by atoms with van der Waals surface area (Å²) in [7, 11) is 0. The van der Waals surface area contributed by atoms with Gasteiger partial charge >= 0.3 is 5.97 Å². The quantitative estimate of drug-likeness (QED) is 0.327. The van der Waals surface area contributed by atoms with E-state index >= 15 is 0 Å². The molecule has 0 aromatic carbocycles. The van der Waals surface area contributed by atoms with Gasteiger partial charge in [0.1, 0.15) is 6.04 Å². The predicted octanol–water partition coefficient (Wildman–Crippen LogP) is 2.26. The van der Waals surface area contributed by atoms with Crippen LogP contribution in [0.15, 0.2) is 36.6 Å². The number of likely N-dealkylation sites (tertiary alicyclic amines) is 1. The number of nitrogens with one attached hydrogen (secondary N) is 1. The molecule has 7 heteroatoms. The van der Waals surface area contributed by atoms with Crippen LogP contribution in [0.1, 0.15) is 39.5 Å². The van der Waals surface area contributed by atoms with Gasteiger partial charge in [0.05, 0.1) is 25.3 Å². The maximum Gasteiger partial charge on any atom is 0.326 e. The SMILES string of the molecule is C=CC(=C)CC(=O)NCC(=O)N1CC(CCCO/C(C)=C/C)CC1C(=O)O. The van der Waals surface area contributed by atoms with E-state index in [9.17, 15) is 19.5 Å². The lowest BCUT2D eigenvalue weighted by Gasteiger charge is -2.21. The lowest BCUT2D eigenvalue weighted by atomic mass is 10.0. The molecule has 2 N–H and O–H groups in total. The van der Waals surface area contributed by atoms with Crippen LogP contribution >= 0.6 is 0 Å². The van der Waals surface area contributed by atoms with E-state index in [0.29, 0.717) is 25.1 Å². The van der Waals surface area contributed by atoms with Crippen LogP contribution in [-0.4, -0.2) is 53.5 Å². The van der Waals surface area contributed by atoms with Gasteiger partial charge in [0.2, 0.25) is 11.8 Å². The van der Waals surface area contributed by atoms with Gasteiger partial charge < -0.3 is 20.1 Å². The van der Waals surface area contributed by atoms with Gasteiger partial charge in [-0.1, -0.05) is 25.3 Å². The van der Waals surface area contributed by atoms with E-state index in [1.165, 1.54) is 11.0 Å². The Morgan fingerprint density at radius 3 is 2.67 bits per heavy atom. The normalized spacial score (nSPS) is 19.5. The van der Waals surface area contributed by atoms with Crippen LogP contribution in [0.2, 0.25) is 0 Å². The average molecular weight is 378 g/mol. The highest BCUT2D eigenvalue weighted by Gasteiger charge is 2.39. The van der Waals surface area contributed by atoms with Crippen LogP contribution in [-0.2, 0) is 19.1 Å². The van der Waals surface area contributed by atoms with Crippen LogP contribution in [0.3, 0.4) is 0 Å². The third kappa shape index (κ3) is 7.68. The fraction of sp³-hybridized carbons (Fsp3) is 0.550. The van der Waals surface area contributed by atoms with E-state index in [1.54, 1.807) is 0 Å². The summed E-state index contributed by atoms with van der Waals surface area (Å²) >= 11 is 0. The van der Waals surface area contributed by atoms with E-state index in [4.69, 9.17) is 4.74 Å². The average Bonchev–Trinajstić information content (AvgIpc) is 3.07. The van der Waals surface area contributed by atoms with Crippen molar-refractivity contribution in [2.24, 2.45) is 5.92 Å². The molecule has 1 aliphatic rings. The van der Waals surface area contributed by atoms with Gasteiger partial charge in [-0.05, 0) is 44.6 Å². The summed E-state index contributed by atoms with van der Waals surface area (Å²) in [6.07, 6.45) is 5.43. The Hall–Kier alpha value is -2.57. The van der Waals surface area contributed by atoms with Crippen molar-refractivity contribution >= 4 is 17.8 Å². The predicted molar refractivity (Wildman–Crippen MR) is 103 cm³/mol. The molecule has 2 amide bonds. The number of carboxylic acids is 1. The van der Waals surface area contributed by atoms with Gasteiger partial charge in [-0.2, -0.15) is 0 Å². The van der Waals surface area contributed by atoms with E-state index in [-0.39, 0.29) is 30.7 Å². The van der Waals surface area contributed by atoms with Crippen LogP contribution in [0, 0.1) is 5.92 Å². The number of rotatable bonds is 11. The molecule has 1 heterocycles. The monoisotopic (exact) mass is 378 g/mol. The first kappa shape index (κ1) is 22.5.